The molecule has 8 heteroatoms. The molecule has 1 heterocycles. The van der Waals surface area contributed by atoms with Crippen LogP contribution in [0.1, 0.15) is 5.56 Å². The molecule has 1 unspecified atom stereocenters. The van der Waals surface area contributed by atoms with Crippen molar-refractivity contribution in [2.75, 3.05) is 13.2 Å². The molecule has 106 valence electrons. The minimum atomic E-state index is -3.91. The van der Waals surface area contributed by atoms with E-state index in [1.165, 1.54) is 18.2 Å². The van der Waals surface area contributed by atoms with E-state index in [2.05, 4.69) is 0 Å². The summed E-state index contributed by atoms with van der Waals surface area (Å²) in [5.74, 6) is 0.631. The highest BCUT2D eigenvalue weighted by atomic mass is 32.2. The second kappa shape index (κ2) is 5.40. The van der Waals surface area contributed by atoms with Crippen LogP contribution in [0.5, 0.6) is 5.75 Å². The molecule has 1 aliphatic rings. The number of rotatable bonds is 5. The molecule has 0 bridgehead atoms. The predicted octanol–water partition coefficient (Wildman–Crippen LogP) is 0.526. The van der Waals surface area contributed by atoms with Gasteiger partial charge in [-0.25, -0.2) is 21.9 Å². The Kier molecular flexibility index (Phi) is 4.02. The van der Waals surface area contributed by atoms with E-state index in [1.807, 2.05) is 4.72 Å². The van der Waals surface area contributed by atoms with Crippen LogP contribution in [0.3, 0.4) is 0 Å². The molecular weight excluding hydrogens is 280 g/mol. The Bertz CT molecular complexity index is 562. The molecule has 19 heavy (non-hydrogen) atoms. The maximum atomic E-state index is 12.1. The van der Waals surface area contributed by atoms with Gasteiger partial charge in [0.1, 0.15) is 11.9 Å². The fraction of sp³-hybridized carbons (Fsp3) is 0.455. The number of sulfonamides is 1. The highest BCUT2D eigenvalue weighted by Crippen LogP contribution is 2.27. The molecule has 0 saturated heterocycles. The molecule has 0 amide bonds. The van der Waals surface area contributed by atoms with Gasteiger partial charge in [-0.05, 0) is 23.8 Å². The lowest BCUT2D eigenvalue weighted by Crippen LogP contribution is -2.35. The van der Waals surface area contributed by atoms with Crippen LogP contribution < -0.4 is 9.46 Å². The zero-order chi connectivity index (χ0) is 14.0. The van der Waals surface area contributed by atoms with Crippen molar-refractivity contribution in [3.8, 4) is 5.75 Å². The van der Waals surface area contributed by atoms with Gasteiger partial charge in [0.25, 0.3) is 6.43 Å². The minimum absolute atomic E-state index is 0.0294. The topological polar surface area (TPSA) is 75.6 Å². The van der Waals surface area contributed by atoms with Gasteiger partial charge < -0.3 is 9.84 Å². The first-order chi connectivity index (χ1) is 8.90. The molecule has 0 radical (unpaired) electrons. The molecule has 2 N–H and O–H groups in total. The van der Waals surface area contributed by atoms with E-state index < -0.39 is 29.1 Å². The summed E-state index contributed by atoms with van der Waals surface area (Å²) in [7, 11) is -3.91. The summed E-state index contributed by atoms with van der Waals surface area (Å²) in [6.07, 6.45) is -4.40. The number of benzene rings is 1. The van der Waals surface area contributed by atoms with Crippen molar-refractivity contribution >= 4 is 10.0 Å². The number of hydrogen-bond donors (Lipinski definition) is 2. The zero-order valence-electron chi connectivity index (χ0n) is 9.84. The molecule has 1 aromatic rings. The van der Waals surface area contributed by atoms with Gasteiger partial charge >= 0.3 is 0 Å². The molecule has 0 saturated carbocycles. The quantitative estimate of drug-likeness (QED) is 0.830. The predicted molar refractivity (Wildman–Crippen MR) is 62.8 cm³/mol. The van der Waals surface area contributed by atoms with Crippen molar-refractivity contribution in [1.29, 1.82) is 0 Å². The van der Waals surface area contributed by atoms with Crippen LogP contribution in [-0.4, -0.2) is 39.2 Å². The van der Waals surface area contributed by atoms with Gasteiger partial charge in [0.05, 0.1) is 11.5 Å². The normalized spacial score (nSPS) is 16.2. The summed E-state index contributed by atoms with van der Waals surface area (Å²) in [5.41, 5.74) is 0.761. The van der Waals surface area contributed by atoms with Gasteiger partial charge in [0.2, 0.25) is 10.0 Å². The maximum absolute atomic E-state index is 12.1. The average molecular weight is 293 g/mol. The number of ether oxygens (including phenoxy) is 1. The van der Waals surface area contributed by atoms with Crippen molar-refractivity contribution in [3.63, 3.8) is 0 Å². The fourth-order valence-electron chi connectivity index (χ4n) is 1.70. The summed E-state index contributed by atoms with van der Waals surface area (Å²) in [4.78, 5) is -0.0294. The third-order valence-electron chi connectivity index (χ3n) is 2.74. The monoisotopic (exact) mass is 293 g/mol. The SMILES string of the molecule is O=S(=O)(NCC(O)C(F)F)c1ccc2c(c1)CCO2. The Morgan fingerprint density at radius 1 is 1.42 bits per heavy atom. The van der Waals surface area contributed by atoms with Gasteiger partial charge in [0, 0.05) is 13.0 Å². The van der Waals surface area contributed by atoms with Crippen LogP contribution in [0.15, 0.2) is 23.1 Å². The highest BCUT2D eigenvalue weighted by Gasteiger charge is 2.22. The number of hydrogen-bond acceptors (Lipinski definition) is 4. The second-order valence-electron chi connectivity index (χ2n) is 4.12. The zero-order valence-corrected chi connectivity index (χ0v) is 10.7. The standard InChI is InChI=1S/C11H13F2NO4S/c12-11(13)9(15)6-14-19(16,17)8-1-2-10-7(5-8)3-4-18-10/h1-2,5,9,11,14-15H,3-4,6H2. The third-order valence-corrected chi connectivity index (χ3v) is 4.17. The first kappa shape index (κ1) is 14.2. The number of fused-ring (bicyclic) bond motifs is 1. The van der Waals surface area contributed by atoms with E-state index in [0.717, 1.165) is 5.56 Å². The van der Waals surface area contributed by atoms with Gasteiger partial charge in [-0.2, -0.15) is 0 Å². The summed E-state index contributed by atoms with van der Waals surface area (Å²) >= 11 is 0. The summed E-state index contributed by atoms with van der Waals surface area (Å²) in [5, 5.41) is 8.89. The van der Waals surface area contributed by atoms with Crippen molar-refractivity contribution in [3.05, 3.63) is 23.8 Å². The molecule has 1 aromatic carbocycles. The summed E-state index contributed by atoms with van der Waals surface area (Å²) < 4.78 is 55.1. The Morgan fingerprint density at radius 2 is 2.16 bits per heavy atom. The molecular formula is C11H13F2NO4S. The Balaban J connectivity index is 2.11. The number of aliphatic hydroxyl groups is 1. The molecule has 0 aromatic heterocycles. The minimum Gasteiger partial charge on any atom is -0.493 e. The number of aliphatic hydroxyl groups excluding tert-OH is 1. The number of nitrogens with one attached hydrogen (secondary N) is 1. The smallest absolute Gasteiger partial charge is 0.265 e. The first-order valence-electron chi connectivity index (χ1n) is 5.62. The first-order valence-corrected chi connectivity index (χ1v) is 7.10. The molecule has 2 rings (SSSR count). The van der Waals surface area contributed by atoms with Crippen LogP contribution in [0.4, 0.5) is 8.78 Å². The van der Waals surface area contributed by atoms with E-state index >= 15 is 0 Å². The number of alkyl halides is 2. The van der Waals surface area contributed by atoms with Gasteiger partial charge in [-0.3, -0.25) is 0 Å². The van der Waals surface area contributed by atoms with Crippen molar-refractivity contribution < 1.29 is 27.0 Å². The highest BCUT2D eigenvalue weighted by molar-refractivity contribution is 7.89. The lowest BCUT2D eigenvalue weighted by Gasteiger charge is -2.11. The summed E-state index contributed by atoms with van der Waals surface area (Å²) in [6, 6.07) is 4.31. The Hall–Kier alpha value is -1.25. The fourth-order valence-corrected chi connectivity index (χ4v) is 2.80. The van der Waals surface area contributed by atoms with Gasteiger partial charge in [-0.1, -0.05) is 0 Å². The Morgan fingerprint density at radius 3 is 2.84 bits per heavy atom. The molecule has 1 aliphatic heterocycles. The molecule has 5 nitrogen and oxygen atoms in total. The summed E-state index contributed by atoms with van der Waals surface area (Å²) in [6.45, 7) is -0.232. The number of halogens is 2. The van der Waals surface area contributed by atoms with E-state index in [-0.39, 0.29) is 4.90 Å². The maximum Gasteiger partial charge on any atom is 0.265 e. The van der Waals surface area contributed by atoms with Crippen LogP contribution >= 0.6 is 0 Å². The molecule has 0 fully saturated rings. The van der Waals surface area contributed by atoms with Crippen LogP contribution in [0.2, 0.25) is 0 Å². The van der Waals surface area contributed by atoms with Gasteiger partial charge in [0.15, 0.2) is 0 Å². The van der Waals surface area contributed by atoms with Gasteiger partial charge in [-0.15, -0.1) is 0 Å². The lowest BCUT2D eigenvalue weighted by atomic mass is 10.2. The van der Waals surface area contributed by atoms with E-state index in [9.17, 15) is 17.2 Å². The van der Waals surface area contributed by atoms with E-state index in [0.29, 0.717) is 18.8 Å². The van der Waals surface area contributed by atoms with E-state index in [1.54, 1.807) is 0 Å². The van der Waals surface area contributed by atoms with Crippen LogP contribution in [0.25, 0.3) is 0 Å². The lowest BCUT2D eigenvalue weighted by molar-refractivity contribution is -0.000451. The molecule has 0 aliphatic carbocycles. The second-order valence-corrected chi connectivity index (χ2v) is 5.89. The van der Waals surface area contributed by atoms with Crippen molar-refractivity contribution in [2.45, 2.75) is 23.8 Å². The Labute approximate surface area is 109 Å². The third kappa shape index (κ3) is 3.20. The largest absolute Gasteiger partial charge is 0.493 e. The van der Waals surface area contributed by atoms with Crippen molar-refractivity contribution in [2.24, 2.45) is 0 Å². The van der Waals surface area contributed by atoms with Crippen molar-refractivity contribution in [1.82, 2.24) is 4.72 Å². The molecule has 1 atom stereocenters. The van der Waals surface area contributed by atoms with Crippen LogP contribution in [-0.2, 0) is 16.4 Å². The van der Waals surface area contributed by atoms with Crippen LogP contribution in [0, 0.1) is 0 Å². The van der Waals surface area contributed by atoms with E-state index in [4.69, 9.17) is 9.84 Å². The molecule has 0 spiro atoms. The average Bonchev–Trinajstić information content (AvgIpc) is 2.82.